The number of halogens is 4. The Morgan fingerprint density at radius 1 is 0.833 bits per heavy atom. The Labute approximate surface area is 246 Å². The summed E-state index contributed by atoms with van der Waals surface area (Å²) in [5, 5.41) is 4.68. The molecule has 0 atom stereocenters. The number of carbonyl (C=O) groups is 2. The first-order chi connectivity index (χ1) is 20.0. The summed E-state index contributed by atoms with van der Waals surface area (Å²) in [6.07, 6.45) is -4.29. The van der Waals surface area contributed by atoms with Crippen LogP contribution in [0.3, 0.4) is 0 Å². The lowest BCUT2D eigenvalue weighted by atomic mass is 10.1. The summed E-state index contributed by atoms with van der Waals surface area (Å²) in [4.78, 5) is 25.9. The van der Waals surface area contributed by atoms with Gasteiger partial charge < -0.3 is 10.6 Å². The fourth-order valence-electron chi connectivity index (χ4n) is 4.09. The number of nitrogens with zero attached hydrogens (tertiary/aromatic N) is 1. The maximum Gasteiger partial charge on any atom is 0.417 e. The van der Waals surface area contributed by atoms with Gasteiger partial charge in [0.2, 0.25) is 5.91 Å². The zero-order valence-electron chi connectivity index (χ0n) is 21.9. The number of carbonyl (C=O) groups excluding carboxylic acids is 2. The Bertz CT molecular complexity index is 1670. The molecule has 2 N–H and O–H groups in total. The van der Waals surface area contributed by atoms with Crippen LogP contribution in [-0.2, 0) is 27.4 Å². The second-order valence-electron chi connectivity index (χ2n) is 9.07. The van der Waals surface area contributed by atoms with Crippen LogP contribution in [0.15, 0.2) is 108 Å². The molecule has 218 valence electrons. The molecule has 0 saturated carbocycles. The van der Waals surface area contributed by atoms with Gasteiger partial charge in [0, 0.05) is 6.54 Å². The zero-order chi connectivity index (χ0) is 30.3. The second kappa shape index (κ2) is 13.1. The first kappa shape index (κ1) is 30.6. The summed E-state index contributed by atoms with van der Waals surface area (Å²) in [6, 6.07) is 25.2. The van der Waals surface area contributed by atoms with Gasteiger partial charge in [0.1, 0.15) is 6.54 Å². The average molecular weight is 616 g/mol. The molecule has 7 nitrogen and oxygen atoms in total. The van der Waals surface area contributed by atoms with E-state index in [-0.39, 0.29) is 16.1 Å². The molecule has 0 aromatic heterocycles. The number of benzene rings is 4. The largest absolute Gasteiger partial charge is 0.417 e. The fraction of sp³-hybridized carbons (Fsp3) is 0.133. The van der Waals surface area contributed by atoms with Crippen molar-refractivity contribution in [3.63, 3.8) is 0 Å². The van der Waals surface area contributed by atoms with Gasteiger partial charge in [-0.3, -0.25) is 13.9 Å². The summed E-state index contributed by atoms with van der Waals surface area (Å²) >= 11 is 5.74. The van der Waals surface area contributed by atoms with Gasteiger partial charge in [0.25, 0.3) is 15.9 Å². The molecule has 4 rings (SSSR count). The summed E-state index contributed by atoms with van der Waals surface area (Å²) in [5.74, 6) is -1.36. The van der Waals surface area contributed by atoms with Crippen molar-refractivity contribution in [2.45, 2.75) is 17.5 Å². The average Bonchev–Trinajstić information content (AvgIpc) is 2.97. The highest BCUT2D eigenvalue weighted by atomic mass is 35.5. The number of para-hydroxylation sites is 1. The first-order valence-corrected chi connectivity index (χ1v) is 14.4. The number of nitrogens with one attached hydrogen (secondary N) is 2. The van der Waals surface area contributed by atoms with Crippen LogP contribution in [-0.4, -0.2) is 33.3 Å². The minimum atomic E-state index is -4.87. The van der Waals surface area contributed by atoms with E-state index < -0.39 is 50.8 Å². The molecule has 0 aliphatic heterocycles. The highest BCUT2D eigenvalue weighted by molar-refractivity contribution is 7.92. The monoisotopic (exact) mass is 615 g/mol. The molecule has 4 aromatic rings. The third kappa shape index (κ3) is 7.48. The molecule has 0 aliphatic carbocycles. The Morgan fingerprint density at radius 2 is 1.45 bits per heavy atom. The van der Waals surface area contributed by atoms with Crippen molar-refractivity contribution >= 4 is 44.8 Å². The molecule has 0 bridgehead atoms. The van der Waals surface area contributed by atoms with Crippen molar-refractivity contribution in [1.29, 1.82) is 0 Å². The lowest BCUT2D eigenvalue weighted by Gasteiger charge is -2.25. The quantitative estimate of drug-likeness (QED) is 0.223. The Balaban J connectivity index is 1.58. The van der Waals surface area contributed by atoms with Gasteiger partial charge >= 0.3 is 6.18 Å². The third-order valence-electron chi connectivity index (χ3n) is 6.15. The molecule has 0 spiro atoms. The van der Waals surface area contributed by atoms with Crippen molar-refractivity contribution in [1.82, 2.24) is 5.32 Å². The lowest BCUT2D eigenvalue weighted by Crippen LogP contribution is -2.38. The molecule has 42 heavy (non-hydrogen) atoms. The summed E-state index contributed by atoms with van der Waals surface area (Å²) in [5.41, 5.74) is -0.424. The molecule has 0 radical (unpaired) electrons. The normalized spacial score (nSPS) is 11.5. The van der Waals surface area contributed by atoms with Crippen molar-refractivity contribution in [2.24, 2.45) is 0 Å². The highest BCUT2D eigenvalue weighted by Crippen LogP contribution is 2.38. The number of anilines is 2. The minimum Gasteiger partial charge on any atom is -0.352 e. The van der Waals surface area contributed by atoms with Crippen molar-refractivity contribution in [3.05, 3.63) is 125 Å². The number of rotatable bonds is 10. The van der Waals surface area contributed by atoms with Gasteiger partial charge in [-0.15, -0.1) is 0 Å². The van der Waals surface area contributed by atoms with E-state index in [1.807, 2.05) is 30.3 Å². The predicted molar refractivity (Wildman–Crippen MR) is 155 cm³/mol. The van der Waals surface area contributed by atoms with Crippen LogP contribution in [0, 0.1) is 0 Å². The predicted octanol–water partition coefficient (Wildman–Crippen LogP) is 6.17. The third-order valence-corrected chi connectivity index (χ3v) is 8.27. The molecule has 0 saturated heterocycles. The molecule has 0 heterocycles. The van der Waals surface area contributed by atoms with Crippen molar-refractivity contribution in [2.75, 3.05) is 22.7 Å². The van der Waals surface area contributed by atoms with Crippen LogP contribution in [0.25, 0.3) is 0 Å². The Kier molecular flexibility index (Phi) is 9.54. The number of hydrogen-bond donors (Lipinski definition) is 2. The lowest BCUT2D eigenvalue weighted by molar-refractivity contribution is -0.137. The van der Waals surface area contributed by atoms with Crippen LogP contribution in [0.4, 0.5) is 24.5 Å². The van der Waals surface area contributed by atoms with Crippen LogP contribution in [0.1, 0.15) is 21.5 Å². The topological polar surface area (TPSA) is 95.6 Å². The Hall–Kier alpha value is -4.35. The summed E-state index contributed by atoms with van der Waals surface area (Å²) in [7, 11) is -4.50. The minimum absolute atomic E-state index is 0.101. The molecular weight excluding hydrogens is 591 g/mol. The van der Waals surface area contributed by atoms with Gasteiger partial charge in [0.15, 0.2) is 0 Å². The van der Waals surface area contributed by atoms with Gasteiger partial charge in [-0.1, -0.05) is 72.3 Å². The van der Waals surface area contributed by atoms with E-state index in [1.54, 1.807) is 18.2 Å². The maximum absolute atomic E-state index is 13.6. The van der Waals surface area contributed by atoms with Gasteiger partial charge in [0.05, 0.1) is 32.4 Å². The number of alkyl halides is 3. The van der Waals surface area contributed by atoms with E-state index in [1.165, 1.54) is 36.4 Å². The SMILES string of the molecule is O=C(CN(c1ccc(Cl)c(C(F)(F)F)c1)S(=O)(=O)c1ccccc1)Nc1ccccc1C(=O)NCCc1ccccc1. The molecule has 0 aliphatic rings. The molecular formula is C30H25ClF3N3O4S. The standard InChI is InChI=1S/C30H25ClF3N3O4S/c31-26-16-15-22(19-25(26)30(32,33)34)37(42(40,41)23-11-5-2-6-12-23)20-28(38)36-27-14-8-7-13-24(27)29(39)35-18-17-21-9-3-1-4-10-21/h1-16,19H,17-18,20H2,(H,35,39)(H,36,38). The van der Waals surface area contributed by atoms with E-state index in [0.29, 0.717) is 23.3 Å². The van der Waals surface area contributed by atoms with E-state index in [9.17, 15) is 31.2 Å². The van der Waals surface area contributed by atoms with E-state index in [0.717, 1.165) is 17.7 Å². The molecule has 2 amide bonds. The zero-order valence-corrected chi connectivity index (χ0v) is 23.5. The van der Waals surface area contributed by atoms with Gasteiger partial charge in [-0.05, 0) is 54.4 Å². The van der Waals surface area contributed by atoms with Crippen LogP contribution in [0.2, 0.25) is 5.02 Å². The van der Waals surface area contributed by atoms with Crippen LogP contribution < -0.4 is 14.9 Å². The van der Waals surface area contributed by atoms with E-state index >= 15 is 0 Å². The smallest absolute Gasteiger partial charge is 0.352 e. The molecule has 0 unspecified atom stereocenters. The number of sulfonamides is 1. The van der Waals surface area contributed by atoms with Gasteiger partial charge in [-0.2, -0.15) is 13.2 Å². The summed E-state index contributed by atoms with van der Waals surface area (Å²) in [6.45, 7) is -0.563. The Morgan fingerprint density at radius 3 is 2.12 bits per heavy atom. The second-order valence-corrected chi connectivity index (χ2v) is 11.3. The van der Waals surface area contributed by atoms with E-state index in [4.69, 9.17) is 11.6 Å². The van der Waals surface area contributed by atoms with Crippen LogP contribution >= 0.6 is 11.6 Å². The molecule has 12 heteroatoms. The highest BCUT2D eigenvalue weighted by Gasteiger charge is 2.35. The fourth-order valence-corrected chi connectivity index (χ4v) is 5.75. The number of hydrogen-bond acceptors (Lipinski definition) is 4. The molecule has 0 fully saturated rings. The maximum atomic E-state index is 13.6. The van der Waals surface area contributed by atoms with Crippen molar-refractivity contribution in [3.8, 4) is 0 Å². The first-order valence-electron chi connectivity index (χ1n) is 12.6. The van der Waals surface area contributed by atoms with Gasteiger partial charge in [-0.25, -0.2) is 8.42 Å². The van der Waals surface area contributed by atoms with Crippen LogP contribution in [0.5, 0.6) is 0 Å². The summed E-state index contributed by atoms with van der Waals surface area (Å²) < 4.78 is 68.4. The number of amides is 2. The van der Waals surface area contributed by atoms with E-state index in [2.05, 4.69) is 10.6 Å². The van der Waals surface area contributed by atoms with Crippen molar-refractivity contribution < 1.29 is 31.2 Å². The molecule has 4 aromatic carbocycles.